The highest BCUT2D eigenvalue weighted by Gasteiger charge is 2.31. The molecule has 0 spiro atoms. The van der Waals surface area contributed by atoms with Crippen LogP contribution in [0.5, 0.6) is 0 Å². The number of aliphatic hydroxyl groups is 1. The van der Waals surface area contributed by atoms with E-state index in [-0.39, 0.29) is 6.10 Å². The predicted molar refractivity (Wildman–Crippen MR) is 81.1 cm³/mol. The third kappa shape index (κ3) is 3.47. The van der Waals surface area contributed by atoms with Crippen LogP contribution in [0.3, 0.4) is 0 Å². The second-order valence-corrected chi connectivity index (χ2v) is 6.48. The average molecular weight is 293 g/mol. The van der Waals surface area contributed by atoms with Crippen molar-refractivity contribution in [1.29, 1.82) is 0 Å². The fourth-order valence-corrected chi connectivity index (χ4v) is 3.57. The molecule has 1 N–H and O–H groups in total. The van der Waals surface area contributed by atoms with Crippen molar-refractivity contribution in [2.24, 2.45) is 0 Å². The molecule has 1 aliphatic heterocycles. The Bertz CT molecular complexity index is 447. The summed E-state index contributed by atoms with van der Waals surface area (Å²) < 4.78 is 5.67. The van der Waals surface area contributed by atoms with Crippen molar-refractivity contribution in [2.75, 3.05) is 26.2 Å². The first kappa shape index (κ1) is 15.0. The molecular formula is C16H27N3O2. The highest BCUT2D eigenvalue weighted by molar-refractivity contribution is 5.05. The molecule has 1 aromatic heterocycles. The molecule has 0 radical (unpaired) electrons. The number of hydrogen-bond donors (Lipinski definition) is 1. The van der Waals surface area contributed by atoms with Gasteiger partial charge in [-0.3, -0.25) is 9.80 Å². The molecule has 21 heavy (non-hydrogen) atoms. The molecule has 2 unspecified atom stereocenters. The number of piperazine rings is 1. The lowest BCUT2D eigenvalue weighted by molar-refractivity contribution is -0.00585. The van der Waals surface area contributed by atoms with E-state index in [1.54, 1.807) is 0 Å². The van der Waals surface area contributed by atoms with E-state index in [1.165, 1.54) is 12.8 Å². The first-order valence-electron chi connectivity index (χ1n) is 8.21. The first-order chi connectivity index (χ1) is 10.1. The van der Waals surface area contributed by atoms with Gasteiger partial charge in [0.1, 0.15) is 5.76 Å². The molecule has 1 saturated carbocycles. The number of aryl methyl sites for hydroxylation is 2. The summed E-state index contributed by atoms with van der Waals surface area (Å²) in [5.41, 5.74) is 0.994. The molecule has 2 aliphatic rings. The minimum atomic E-state index is -0.123. The zero-order valence-electron chi connectivity index (χ0n) is 13.2. The average Bonchev–Trinajstić information content (AvgIpc) is 2.79. The largest absolute Gasteiger partial charge is 0.444 e. The minimum absolute atomic E-state index is 0.123. The molecule has 118 valence electrons. The second kappa shape index (κ2) is 6.46. The van der Waals surface area contributed by atoms with Gasteiger partial charge in [0.05, 0.1) is 18.3 Å². The summed E-state index contributed by atoms with van der Waals surface area (Å²) in [5.74, 6) is 1.75. The minimum Gasteiger partial charge on any atom is -0.444 e. The van der Waals surface area contributed by atoms with Crippen molar-refractivity contribution in [3.8, 4) is 0 Å². The van der Waals surface area contributed by atoms with Gasteiger partial charge >= 0.3 is 0 Å². The number of rotatable bonds is 3. The Labute approximate surface area is 126 Å². The van der Waals surface area contributed by atoms with Crippen LogP contribution in [0.25, 0.3) is 0 Å². The van der Waals surface area contributed by atoms with E-state index < -0.39 is 0 Å². The van der Waals surface area contributed by atoms with Crippen LogP contribution in [0.15, 0.2) is 4.42 Å². The maximum absolute atomic E-state index is 10.2. The lowest BCUT2D eigenvalue weighted by Gasteiger charge is -2.42. The van der Waals surface area contributed by atoms with Gasteiger partial charge in [-0.2, -0.15) is 0 Å². The van der Waals surface area contributed by atoms with Gasteiger partial charge in [0, 0.05) is 32.2 Å². The molecule has 5 nitrogen and oxygen atoms in total. The molecule has 1 saturated heterocycles. The van der Waals surface area contributed by atoms with Gasteiger partial charge in [0.25, 0.3) is 0 Å². The van der Waals surface area contributed by atoms with Crippen LogP contribution in [0, 0.1) is 13.8 Å². The number of aromatic nitrogens is 1. The van der Waals surface area contributed by atoms with E-state index in [9.17, 15) is 5.11 Å². The lowest BCUT2D eigenvalue weighted by Crippen LogP contribution is -2.54. The van der Waals surface area contributed by atoms with Crippen molar-refractivity contribution >= 4 is 0 Å². The zero-order chi connectivity index (χ0) is 14.8. The molecule has 0 bridgehead atoms. The third-order valence-electron chi connectivity index (χ3n) is 5.00. The Morgan fingerprint density at radius 2 is 1.86 bits per heavy atom. The quantitative estimate of drug-likeness (QED) is 0.919. The number of nitrogens with zero attached hydrogens (tertiary/aromatic N) is 3. The Morgan fingerprint density at radius 3 is 2.48 bits per heavy atom. The summed E-state index contributed by atoms with van der Waals surface area (Å²) in [5, 5.41) is 10.2. The van der Waals surface area contributed by atoms with E-state index in [2.05, 4.69) is 14.8 Å². The van der Waals surface area contributed by atoms with E-state index >= 15 is 0 Å². The van der Waals surface area contributed by atoms with Gasteiger partial charge in [-0.15, -0.1) is 0 Å². The highest BCUT2D eigenvalue weighted by Crippen LogP contribution is 2.24. The van der Waals surface area contributed by atoms with Crippen LogP contribution < -0.4 is 0 Å². The molecule has 1 aliphatic carbocycles. The van der Waals surface area contributed by atoms with Crippen molar-refractivity contribution < 1.29 is 9.52 Å². The fraction of sp³-hybridized carbons (Fsp3) is 0.812. The van der Waals surface area contributed by atoms with Crippen molar-refractivity contribution in [3.63, 3.8) is 0 Å². The Morgan fingerprint density at radius 1 is 1.14 bits per heavy atom. The summed E-state index contributed by atoms with van der Waals surface area (Å²) in [6.45, 7) is 8.91. The Balaban J connectivity index is 1.50. The van der Waals surface area contributed by atoms with Crippen LogP contribution >= 0.6 is 0 Å². The van der Waals surface area contributed by atoms with E-state index in [4.69, 9.17) is 4.42 Å². The molecule has 0 aromatic carbocycles. The fourth-order valence-electron chi connectivity index (χ4n) is 3.57. The lowest BCUT2D eigenvalue weighted by atomic mass is 9.91. The topological polar surface area (TPSA) is 52.7 Å². The Kier molecular flexibility index (Phi) is 4.62. The van der Waals surface area contributed by atoms with Crippen LogP contribution in [-0.4, -0.2) is 58.2 Å². The van der Waals surface area contributed by atoms with E-state index in [0.29, 0.717) is 6.04 Å². The molecule has 5 heteroatoms. The third-order valence-corrected chi connectivity index (χ3v) is 5.00. The van der Waals surface area contributed by atoms with Gasteiger partial charge < -0.3 is 9.52 Å². The summed E-state index contributed by atoms with van der Waals surface area (Å²) in [6, 6.07) is 0.382. The number of hydrogen-bond acceptors (Lipinski definition) is 5. The molecule has 2 atom stereocenters. The zero-order valence-corrected chi connectivity index (χ0v) is 13.2. The molecule has 1 aromatic rings. The van der Waals surface area contributed by atoms with Gasteiger partial charge in [0.2, 0.25) is 5.89 Å². The summed E-state index contributed by atoms with van der Waals surface area (Å²) in [4.78, 5) is 9.34. The first-order valence-corrected chi connectivity index (χ1v) is 8.21. The molecule has 3 rings (SSSR count). The normalized spacial score (nSPS) is 28.9. The van der Waals surface area contributed by atoms with Crippen molar-refractivity contribution in [2.45, 2.75) is 58.2 Å². The second-order valence-electron chi connectivity index (χ2n) is 6.48. The monoisotopic (exact) mass is 293 g/mol. The standard InChI is InChI=1S/C16H27N3O2/c1-12-13(2)21-16(17-12)11-18-7-9-19(10-8-18)14-5-3-4-6-15(14)20/h14-15,20H,3-11H2,1-2H3. The number of aliphatic hydroxyl groups excluding tert-OH is 1. The van der Waals surface area contributed by atoms with E-state index in [0.717, 1.165) is 62.9 Å². The molecule has 2 heterocycles. The van der Waals surface area contributed by atoms with Crippen molar-refractivity contribution in [1.82, 2.24) is 14.8 Å². The van der Waals surface area contributed by atoms with Crippen molar-refractivity contribution in [3.05, 3.63) is 17.3 Å². The maximum atomic E-state index is 10.2. The maximum Gasteiger partial charge on any atom is 0.208 e. The van der Waals surface area contributed by atoms with Gasteiger partial charge in [0.15, 0.2) is 0 Å². The van der Waals surface area contributed by atoms with Gasteiger partial charge in [-0.05, 0) is 26.7 Å². The van der Waals surface area contributed by atoms with Gasteiger partial charge in [-0.1, -0.05) is 12.8 Å². The Hall–Kier alpha value is -0.910. The van der Waals surface area contributed by atoms with Crippen LogP contribution in [-0.2, 0) is 6.54 Å². The van der Waals surface area contributed by atoms with Gasteiger partial charge in [-0.25, -0.2) is 4.98 Å². The molecule has 0 amide bonds. The smallest absolute Gasteiger partial charge is 0.208 e. The summed E-state index contributed by atoms with van der Waals surface area (Å²) >= 11 is 0. The summed E-state index contributed by atoms with van der Waals surface area (Å²) in [7, 11) is 0. The molecule has 2 fully saturated rings. The number of oxazole rings is 1. The predicted octanol–water partition coefficient (Wildman–Crippen LogP) is 1.71. The van der Waals surface area contributed by atoms with E-state index in [1.807, 2.05) is 13.8 Å². The van der Waals surface area contributed by atoms with Crippen LogP contribution in [0.2, 0.25) is 0 Å². The summed E-state index contributed by atoms with van der Waals surface area (Å²) in [6.07, 6.45) is 4.44. The van der Waals surface area contributed by atoms with Crippen LogP contribution in [0.4, 0.5) is 0 Å². The molecular weight excluding hydrogens is 266 g/mol. The SMILES string of the molecule is Cc1nc(CN2CCN(C3CCCCC3O)CC2)oc1C. The highest BCUT2D eigenvalue weighted by atomic mass is 16.4. The van der Waals surface area contributed by atoms with Crippen LogP contribution in [0.1, 0.15) is 43.0 Å².